The molecule has 0 spiro atoms. The van der Waals surface area contributed by atoms with Crippen LogP contribution in [0.2, 0.25) is 0 Å². The van der Waals surface area contributed by atoms with Gasteiger partial charge in [0.2, 0.25) is 0 Å². The lowest BCUT2D eigenvalue weighted by atomic mass is 10.0. The van der Waals surface area contributed by atoms with Gasteiger partial charge in [0.1, 0.15) is 6.17 Å². The number of benzene rings is 2. The van der Waals surface area contributed by atoms with Crippen molar-refractivity contribution in [2.24, 2.45) is 5.92 Å². The van der Waals surface area contributed by atoms with E-state index in [2.05, 4.69) is 48.5 Å². The molecule has 1 fully saturated rings. The van der Waals surface area contributed by atoms with Crippen LogP contribution in [0.5, 0.6) is 0 Å². The number of hydrazine groups is 1. The Balaban J connectivity index is 1.63. The molecule has 0 saturated carbocycles. The number of nitrogens with one attached hydrogen (secondary N) is 1. The molecule has 1 saturated heterocycles. The minimum Gasteiger partial charge on any atom is -0.302 e. The second-order valence-corrected chi connectivity index (χ2v) is 8.95. The topological polar surface area (TPSA) is 68.8 Å². The van der Waals surface area contributed by atoms with Crippen LogP contribution >= 0.6 is 0 Å². The monoisotopic (exact) mass is 441 g/mol. The molecule has 3 amide bonds. The summed E-state index contributed by atoms with van der Waals surface area (Å²) in [5, 5.41) is 4.33. The van der Waals surface area contributed by atoms with Gasteiger partial charge >= 0.3 is 6.03 Å². The first-order valence-electron chi connectivity index (χ1n) is 11.2. The van der Waals surface area contributed by atoms with Crippen LogP contribution in [0.25, 0.3) is 16.5 Å². The lowest BCUT2D eigenvalue weighted by molar-refractivity contribution is -0.126. The molecule has 1 N–H and O–H groups in total. The smallest absolute Gasteiger partial charge is 0.302 e. The Hall–Kier alpha value is -3.71. The number of urea groups is 1. The number of nitrogens with zero attached hydrogens (tertiary/aromatic N) is 4. The summed E-state index contributed by atoms with van der Waals surface area (Å²) in [6.45, 7) is 5.22. The van der Waals surface area contributed by atoms with E-state index in [1.54, 1.807) is 24.3 Å². The third-order valence-corrected chi connectivity index (χ3v) is 6.18. The predicted molar refractivity (Wildman–Crippen MR) is 127 cm³/mol. The first kappa shape index (κ1) is 21.2. The van der Waals surface area contributed by atoms with E-state index in [-0.39, 0.29) is 17.9 Å². The van der Waals surface area contributed by atoms with Crippen molar-refractivity contribution in [3.8, 4) is 0 Å². The van der Waals surface area contributed by atoms with Crippen LogP contribution in [0.15, 0.2) is 72.6 Å². The van der Waals surface area contributed by atoms with Gasteiger partial charge in [0.25, 0.3) is 5.91 Å². The van der Waals surface area contributed by atoms with Gasteiger partial charge < -0.3 is 9.91 Å². The summed E-state index contributed by atoms with van der Waals surface area (Å²) in [5.41, 5.74) is 6.88. The van der Waals surface area contributed by atoms with E-state index >= 15 is 0 Å². The van der Waals surface area contributed by atoms with E-state index in [0.29, 0.717) is 18.7 Å². The molecule has 3 heterocycles. The molecule has 7 heteroatoms. The third kappa shape index (κ3) is 3.64. The zero-order valence-electron chi connectivity index (χ0n) is 19.0. The molecule has 168 valence electrons. The van der Waals surface area contributed by atoms with Crippen molar-refractivity contribution in [1.29, 1.82) is 0 Å². The molecular weight excluding hydrogens is 414 g/mol. The largest absolute Gasteiger partial charge is 0.328 e. The normalized spacial score (nSPS) is 18.7. The number of carbonyl (C=O) groups is 2. The van der Waals surface area contributed by atoms with Crippen LogP contribution in [0.1, 0.15) is 25.0 Å². The van der Waals surface area contributed by atoms with Gasteiger partial charge in [0.15, 0.2) is 0 Å². The Morgan fingerprint density at radius 3 is 2.48 bits per heavy atom. The number of carbonyl (C=O) groups excluding carboxylic acids is 2. The maximum atomic E-state index is 13.4. The highest BCUT2D eigenvalue weighted by Crippen LogP contribution is 2.37. The minimum atomic E-state index is -0.512. The maximum Gasteiger partial charge on any atom is 0.328 e. The molecule has 7 nitrogen and oxygen atoms in total. The molecule has 1 aromatic heterocycles. The summed E-state index contributed by atoms with van der Waals surface area (Å²) in [6.07, 6.45) is 2.93. The quantitative estimate of drug-likeness (QED) is 0.652. The Morgan fingerprint density at radius 2 is 1.73 bits per heavy atom. The lowest BCUT2D eigenvalue weighted by Gasteiger charge is -2.39. The van der Waals surface area contributed by atoms with Crippen LogP contribution in [-0.4, -0.2) is 51.5 Å². The summed E-state index contributed by atoms with van der Waals surface area (Å²) in [6, 6.07) is 18.0. The number of rotatable bonds is 5. The number of hydrogen-bond acceptors (Lipinski definition) is 5. The molecule has 1 unspecified atom stereocenters. The van der Waals surface area contributed by atoms with E-state index < -0.39 is 6.17 Å². The summed E-state index contributed by atoms with van der Waals surface area (Å²) in [7, 11) is 1.55. The number of pyridine rings is 1. The highest BCUT2D eigenvalue weighted by molar-refractivity contribution is 6.12. The SMILES string of the molecule is CC(C)CN1C(=O)N(C)C(=O)C2=C(c3ccncc3)N(Cc3cccc4ccccc34)NC21. The van der Waals surface area contributed by atoms with Gasteiger partial charge in [-0.05, 0) is 34.4 Å². The number of hydrogen-bond donors (Lipinski definition) is 1. The average Bonchev–Trinajstić information content (AvgIpc) is 3.20. The molecule has 1 atom stereocenters. The van der Waals surface area contributed by atoms with E-state index in [0.717, 1.165) is 27.6 Å². The highest BCUT2D eigenvalue weighted by atomic mass is 16.2. The zero-order valence-corrected chi connectivity index (χ0v) is 19.0. The first-order chi connectivity index (χ1) is 16.0. The van der Waals surface area contributed by atoms with Crippen molar-refractivity contribution in [1.82, 2.24) is 25.2 Å². The Morgan fingerprint density at radius 1 is 1.00 bits per heavy atom. The van der Waals surface area contributed by atoms with Crippen LogP contribution in [-0.2, 0) is 11.3 Å². The second-order valence-electron chi connectivity index (χ2n) is 8.95. The Bertz CT molecular complexity index is 1250. The molecule has 2 aromatic carbocycles. The fourth-order valence-electron chi connectivity index (χ4n) is 4.69. The van der Waals surface area contributed by atoms with Crippen LogP contribution < -0.4 is 5.43 Å². The maximum absolute atomic E-state index is 13.4. The molecule has 0 bridgehead atoms. The second kappa shape index (κ2) is 8.33. The molecular formula is C26H27N5O2. The predicted octanol–water partition coefficient (Wildman–Crippen LogP) is 3.84. The van der Waals surface area contributed by atoms with Gasteiger partial charge in [-0.3, -0.25) is 14.7 Å². The Kier molecular flexibility index (Phi) is 5.34. The number of likely N-dealkylation sites (N-methyl/N-ethyl adjacent to an activating group) is 1. The van der Waals surface area contributed by atoms with E-state index in [9.17, 15) is 9.59 Å². The molecule has 33 heavy (non-hydrogen) atoms. The van der Waals surface area contributed by atoms with Gasteiger partial charge in [0, 0.05) is 31.5 Å². The lowest BCUT2D eigenvalue weighted by Crippen LogP contribution is -2.61. The molecule has 2 aliphatic rings. The van der Waals surface area contributed by atoms with Gasteiger partial charge in [-0.25, -0.2) is 10.2 Å². The van der Waals surface area contributed by atoms with Crippen LogP contribution in [0.4, 0.5) is 4.79 Å². The molecule has 0 radical (unpaired) electrons. The highest BCUT2D eigenvalue weighted by Gasteiger charge is 2.48. The van der Waals surface area contributed by atoms with Crippen LogP contribution in [0, 0.1) is 5.92 Å². The zero-order chi connectivity index (χ0) is 23.1. The minimum absolute atomic E-state index is 0.259. The summed E-state index contributed by atoms with van der Waals surface area (Å²) in [5.74, 6) is -0.0140. The van der Waals surface area contributed by atoms with Crippen molar-refractivity contribution in [2.75, 3.05) is 13.6 Å². The number of aromatic nitrogens is 1. The van der Waals surface area contributed by atoms with E-state index in [1.807, 2.05) is 35.3 Å². The number of imide groups is 1. The van der Waals surface area contributed by atoms with Gasteiger partial charge in [-0.15, -0.1) is 0 Å². The molecule has 5 rings (SSSR count). The van der Waals surface area contributed by atoms with E-state index in [4.69, 9.17) is 0 Å². The van der Waals surface area contributed by atoms with Crippen molar-refractivity contribution in [3.05, 3.63) is 83.7 Å². The summed E-state index contributed by atoms with van der Waals surface area (Å²) >= 11 is 0. The summed E-state index contributed by atoms with van der Waals surface area (Å²) < 4.78 is 0. The van der Waals surface area contributed by atoms with Crippen molar-refractivity contribution >= 4 is 28.4 Å². The van der Waals surface area contributed by atoms with Gasteiger partial charge in [-0.1, -0.05) is 56.3 Å². The Labute approximate surface area is 193 Å². The standard InChI is InChI=1S/C26H27N5O2/c1-17(2)15-30-24-22(25(32)29(3)26(30)33)23(19-11-13-27-14-12-19)31(28-24)16-20-9-6-8-18-7-4-5-10-21(18)20/h4-14,17,24,28H,15-16H2,1-3H3. The number of amides is 3. The van der Waals surface area contributed by atoms with E-state index in [1.165, 1.54) is 4.90 Å². The molecule has 2 aliphatic heterocycles. The van der Waals surface area contributed by atoms with Crippen molar-refractivity contribution < 1.29 is 9.59 Å². The van der Waals surface area contributed by atoms with Gasteiger partial charge in [0.05, 0.1) is 17.8 Å². The van der Waals surface area contributed by atoms with Gasteiger partial charge in [-0.2, -0.15) is 0 Å². The first-order valence-corrected chi connectivity index (χ1v) is 11.2. The molecule has 0 aliphatic carbocycles. The van der Waals surface area contributed by atoms with Crippen LogP contribution in [0.3, 0.4) is 0 Å². The summed E-state index contributed by atoms with van der Waals surface area (Å²) in [4.78, 5) is 33.5. The van der Waals surface area contributed by atoms with Crippen molar-refractivity contribution in [3.63, 3.8) is 0 Å². The average molecular weight is 442 g/mol. The third-order valence-electron chi connectivity index (χ3n) is 6.18. The fourth-order valence-corrected chi connectivity index (χ4v) is 4.69. The molecule has 3 aromatic rings. The number of fused-ring (bicyclic) bond motifs is 2. The fraction of sp³-hybridized carbons (Fsp3) is 0.269. The van der Waals surface area contributed by atoms with Crippen molar-refractivity contribution in [2.45, 2.75) is 26.6 Å².